The fourth-order valence-electron chi connectivity index (χ4n) is 3.92. The van der Waals surface area contributed by atoms with Gasteiger partial charge in [-0.05, 0) is 61.4 Å². The lowest BCUT2D eigenvalue weighted by Gasteiger charge is -2.15. The molecule has 9 heteroatoms. The highest BCUT2D eigenvalue weighted by Crippen LogP contribution is 2.31. The fraction of sp³-hybridized carbons (Fsp3) is 0.111. The number of hydrogen-bond donors (Lipinski definition) is 2. The van der Waals surface area contributed by atoms with Crippen LogP contribution < -0.4 is 10.6 Å². The standard InChI is InChI=1S/C27H22ClFN6O/c1-16-10-11-20(32-26(36)19-7-5-6-18(12-19)14-29)13-22(16)34-27-33-21-8-3-4-9-23(21)35(27)25-17(2)24(28)30-15-31-25/h3-13,15H,14H2,1-2H3,(H,32,36)(H,33,34). The van der Waals surface area contributed by atoms with Gasteiger partial charge >= 0.3 is 0 Å². The molecule has 2 N–H and O–H groups in total. The summed E-state index contributed by atoms with van der Waals surface area (Å²) in [6.45, 7) is 3.19. The fourth-order valence-corrected chi connectivity index (χ4v) is 4.05. The number of amides is 1. The van der Waals surface area contributed by atoms with Crippen LogP contribution in [0.2, 0.25) is 5.15 Å². The molecule has 0 atom stereocenters. The van der Waals surface area contributed by atoms with Crippen LogP contribution in [0.4, 0.5) is 21.7 Å². The lowest BCUT2D eigenvalue weighted by molar-refractivity contribution is 0.102. The van der Waals surface area contributed by atoms with E-state index < -0.39 is 6.67 Å². The molecule has 0 spiro atoms. The number of halogens is 2. The van der Waals surface area contributed by atoms with E-state index in [0.717, 1.165) is 27.8 Å². The van der Waals surface area contributed by atoms with Crippen LogP contribution in [0.1, 0.15) is 27.0 Å². The monoisotopic (exact) mass is 500 g/mol. The van der Waals surface area contributed by atoms with Crippen LogP contribution in [0.3, 0.4) is 0 Å². The van der Waals surface area contributed by atoms with Crippen molar-refractivity contribution in [2.45, 2.75) is 20.5 Å². The topological polar surface area (TPSA) is 84.7 Å². The number of carbonyl (C=O) groups is 1. The van der Waals surface area contributed by atoms with Crippen LogP contribution in [0, 0.1) is 13.8 Å². The molecule has 3 aromatic carbocycles. The van der Waals surface area contributed by atoms with Gasteiger partial charge in [-0.1, -0.05) is 41.9 Å². The molecule has 7 nitrogen and oxygen atoms in total. The number of nitrogens with zero attached hydrogens (tertiary/aromatic N) is 4. The maximum Gasteiger partial charge on any atom is 0.255 e. The third kappa shape index (κ3) is 4.50. The molecule has 180 valence electrons. The van der Waals surface area contributed by atoms with Gasteiger partial charge in [0.2, 0.25) is 5.95 Å². The molecule has 0 unspecified atom stereocenters. The molecule has 0 aliphatic carbocycles. The van der Waals surface area contributed by atoms with Crippen LogP contribution in [0.15, 0.2) is 73.1 Å². The molecule has 0 aliphatic heterocycles. The summed E-state index contributed by atoms with van der Waals surface area (Å²) in [5.41, 5.74) is 5.48. The van der Waals surface area contributed by atoms with Crippen LogP contribution >= 0.6 is 11.6 Å². The van der Waals surface area contributed by atoms with E-state index in [1.165, 1.54) is 6.33 Å². The molecular weight excluding hydrogens is 479 g/mol. The zero-order chi connectivity index (χ0) is 25.2. The Morgan fingerprint density at radius 2 is 1.86 bits per heavy atom. The Kier molecular flexibility index (Phi) is 6.35. The van der Waals surface area contributed by atoms with Crippen molar-refractivity contribution in [1.29, 1.82) is 0 Å². The van der Waals surface area contributed by atoms with E-state index in [9.17, 15) is 9.18 Å². The second kappa shape index (κ2) is 9.75. The maximum absolute atomic E-state index is 13.0. The molecule has 2 heterocycles. The zero-order valence-electron chi connectivity index (χ0n) is 19.6. The Labute approximate surface area is 212 Å². The van der Waals surface area contributed by atoms with E-state index in [1.54, 1.807) is 24.3 Å². The van der Waals surface area contributed by atoms with Crippen molar-refractivity contribution < 1.29 is 9.18 Å². The molecule has 5 rings (SSSR count). The Balaban J connectivity index is 1.51. The number of benzene rings is 3. The quantitative estimate of drug-likeness (QED) is 0.258. The lowest BCUT2D eigenvalue weighted by Crippen LogP contribution is -2.12. The molecule has 0 saturated heterocycles. The van der Waals surface area contributed by atoms with Crippen molar-refractivity contribution in [3.05, 3.63) is 100 Å². The average Bonchev–Trinajstić information content (AvgIpc) is 3.25. The first kappa shape index (κ1) is 23.4. The minimum atomic E-state index is -0.627. The van der Waals surface area contributed by atoms with E-state index >= 15 is 0 Å². The van der Waals surface area contributed by atoms with Gasteiger partial charge in [-0.3, -0.25) is 9.36 Å². The molecular formula is C27H22ClFN6O. The molecule has 0 fully saturated rings. The van der Waals surface area contributed by atoms with Crippen molar-refractivity contribution in [2.24, 2.45) is 0 Å². The molecule has 5 aromatic rings. The van der Waals surface area contributed by atoms with Gasteiger partial charge in [-0.2, -0.15) is 0 Å². The molecule has 2 aromatic heterocycles. The van der Waals surface area contributed by atoms with E-state index in [-0.39, 0.29) is 5.91 Å². The highest BCUT2D eigenvalue weighted by atomic mass is 35.5. The van der Waals surface area contributed by atoms with E-state index in [4.69, 9.17) is 16.6 Å². The van der Waals surface area contributed by atoms with Gasteiger partial charge in [0.15, 0.2) is 0 Å². The first-order chi connectivity index (χ1) is 17.4. The molecule has 0 saturated carbocycles. The van der Waals surface area contributed by atoms with Gasteiger partial charge in [0.05, 0.1) is 11.0 Å². The Hall–Kier alpha value is -4.30. The average molecular weight is 501 g/mol. The van der Waals surface area contributed by atoms with Gasteiger partial charge in [-0.15, -0.1) is 0 Å². The van der Waals surface area contributed by atoms with Gasteiger partial charge in [0.25, 0.3) is 5.91 Å². The summed E-state index contributed by atoms with van der Waals surface area (Å²) < 4.78 is 14.9. The van der Waals surface area contributed by atoms with Crippen molar-refractivity contribution >= 4 is 45.9 Å². The van der Waals surface area contributed by atoms with Crippen LogP contribution in [-0.4, -0.2) is 25.4 Å². The Bertz CT molecular complexity index is 1600. The van der Waals surface area contributed by atoms with Gasteiger partial charge < -0.3 is 10.6 Å². The number of anilines is 3. The predicted octanol–water partition coefficient (Wildman–Crippen LogP) is 6.55. The molecule has 0 radical (unpaired) electrons. The van der Waals surface area contributed by atoms with Crippen molar-refractivity contribution in [3.63, 3.8) is 0 Å². The van der Waals surface area contributed by atoms with Crippen molar-refractivity contribution in [3.8, 4) is 5.82 Å². The highest BCUT2D eigenvalue weighted by molar-refractivity contribution is 6.30. The third-order valence-corrected chi connectivity index (χ3v) is 6.23. The second-order valence-corrected chi connectivity index (χ2v) is 8.67. The lowest BCUT2D eigenvalue weighted by atomic mass is 10.1. The summed E-state index contributed by atoms with van der Waals surface area (Å²) in [4.78, 5) is 26.1. The number of aromatic nitrogens is 4. The summed E-state index contributed by atoms with van der Waals surface area (Å²) in [6.07, 6.45) is 1.42. The van der Waals surface area contributed by atoms with Crippen LogP contribution in [0.25, 0.3) is 16.9 Å². The largest absolute Gasteiger partial charge is 0.325 e. The van der Waals surface area contributed by atoms with E-state index in [0.29, 0.717) is 33.7 Å². The normalized spacial score (nSPS) is 11.0. The number of fused-ring (bicyclic) bond motifs is 1. The predicted molar refractivity (Wildman–Crippen MR) is 140 cm³/mol. The summed E-state index contributed by atoms with van der Waals surface area (Å²) in [6, 6.07) is 19.8. The summed E-state index contributed by atoms with van der Waals surface area (Å²) in [5.74, 6) is 0.830. The number of alkyl halides is 1. The number of rotatable bonds is 6. The Morgan fingerprint density at radius 3 is 2.69 bits per heavy atom. The smallest absolute Gasteiger partial charge is 0.255 e. The van der Waals surface area contributed by atoms with Crippen molar-refractivity contribution in [2.75, 3.05) is 10.6 Å². The number of carbonyl (C=O) groups excluding carboxylic acids is 1. The number of imidazole rings is 1. The first-order valence-electron chi connectivity index (χ1n) is 11.2. The molecule has 1 amide bonds. The van der Waals surface area contributed by atoms with E-state index in [2.05, 4.69) is 20.6 Å². The first-order valence-corrected chi connectivity index (χ1v) is 11.6. The minimum Gasteiger partial charge on any atom is -0.325 e. The van der Waals surface area contributed by atoms with Gasteiger partial charge in [0, 0.05) is 22.5 Å². The van der Waals surface area contributed by atoms with Crippen LogP contribution in [-0.2, 0) is 6.67 Å². The summed E-state index contributed by atoms with van der Waals surface area (Å²) in [7, 11) is 0. The molecule has 36 heavy (non-hydrogen) atoms. The summed E-state index contributed by atoms with van der Waals surface area (Å²) in [5, 5.41) is 6.64. The Morgan fingerprint density at radius 1 is 1.03 bits per heavy atom. The van der Waals surface area contributed by atoms with Crippen LogP contribution in [0.5, 0.6) is 0 Å². The molecule has 0 bridgehead atoms. The maximum atomic E-state index is 13.0. The summed E-state index contributed by atoms with van der Waals surface area (Å²) >= 11 is 6.29. The number of para-hydroxylation sites is 2. The second-order valence-electron chi connectivity index (χ2n) is 8.32. The minimum absolute atomic E-state index is 0.321. The number of hydrogen-bond acceptors (Lipinski definition) is 5. The van der Waals surface area contributed by atoms with Gasteiger partial charge in [-0.25, -0.2) is 19.3 Å². The SMILES string of the molecule is Cc1ccc(NC(=O)c2cccc(CF)c2)cc1Nc1nc2ccccc2n1-c1ncnc(Cl)c1C. The number of aryl methyl sites for hydroxylation is 1. The van der Waals surface area contributed by atoms with Gasteiger partial charge in [0.1, 0.15) is 24.0 Å². The highest BCUT2D eigenvalue weighted by Gasteiger charge is 2.18. The third-order valence-electron chi connectivity index (χ3n) is 5.85. The molecule has 0 aliphatic rings. The number of nitrogens with one attached hydrogen (secondary N) is 2. The van der Waals surface area contributed by atoms with E-state index in [1.807, 2.05) is 60.9 Å². The van der Waals surface area contributed by atoms with Crippen molar-refractivity contribution in [1.82, 2.24) is 19.5 Å². The zero-order valence-corrected chi connectivity index (χ0v) is 20.3.